The fourth-order valence-electron chi connectivity index (χ4n) is 1.45. The molecule has 0 spiro atoms. The van der Waals surface area contributed by atoms with E-state index in [1.807, 2.05) is 0 Å². The number of carbonyl (C=O) groups is 1. The van der Waals surface area contributed by atoms with Crippen LogP contribution >= 0.6 is 11.6 Å². The molecule has 1 aromatic carbocycles. The minimum absolute atomic E-state index is 0.147. The van der Waals surface area contributed by atoms with Crippen molar-refractivity contribution in [2.45, 2.75) is 0 Å². The molecule has 0 fully saturated rings. The summed E-state index contributed by atoms with van der Waals surface area (Å²) in [6, 6.07) is 5.03. The minimum atomic E-state index is -1.14. The summed E-state index contributed by atoms with van der Waals surface area (Å²) in [5, 5.41) is 12.3. The van der Waals surface area contributed by atoms with Gasteiger partial charge in [-0.3, -0.25) is 4.98 Å². The molecular weight excluding hydrogens is 270 g/mol. The molecule has 0 aliphatic carbocycles. The Labute approximate surface area is 114 Å². The number of rotatable bonds is 4. The zero-order chi connectivity index (χ0) is 13.8. The number of methoxy groups -OCH3 is 1. The number of nitrogens with one attached hydrogen (secondary N) is 1. The van der Waals surface area contributed by atoms with E-state index in [1.165, 1.54) is 19.5 Å². The van der Waals surface area contributed by atoms with E-state index in [0.717, 1.165) is 0 Å². The number of carboxylic acids is 1. The first-order valence-corrected chi connectivity index (χ1v) is 5.64. The lowest BCUT2D eigenvalue weighted by molar-refractivity contribution is 0.0690. The monoisotopic (exact) mass is 279 g/mol. The standard InChI is InChI=1S/C12H10ClN3O3/c1-19-10-3-2-7(13)4-8(10)15-11-6-14-5-9(16-11)12(17)18/h2-6H,1H3,(H,15,16)(H,17,18). The molecule has 7 heteroatoms. The van der Waals surface area contributed by atoms with Crippen LogP contribution in [0, 0.1) is 0 Å². The second-order valence-electron chi connectivity index (χ2n) is 3.56. The van der Waals surface area contributed by atoms with Gasteiger partial charge in [-0.1, -0.05) is 11.6 Å². The average Bonchev–Trinajstić information content (AvgIpc) is 2.39. The number of halogens is 1. The second-order valence-corrected chi connectivity index (χ2v) is 4.00. The van der Waals surface area contributed by atoms with Crippen molar-refractivity contribution in [1.29, 1.82) is 0 Å². The SMILES string of the molecule is COc1ccc(Cl)cc1Nc1cncc(C(=O)O)n1. The second kappa shape index (κ2) is 5.53. The van der Waals surface area contributed by atoms with E-state index in [0.29, 0.717) is 22.3 Å². The van der Waals surface area contributed by atoms with E-state index in [-0.39, 0.29) is 5.69 Å². The van der Waals surface area contributed by atoms with Crippen molar-refractivity contribution < 1.29 is 14.6 Å². The number of ether oxygens (including phenoxy) is 1. The van der Waals surface area contributed by atoms with Gasteiger partial charge in [0.2, 0.25) is 0 Å². The number of carboxylic acid groups (broad SMARTS) is 1. The quantitative estimate of drug-likeness (QED) is 0.895. The van der Waals surface area contributed by atoms with Crippen LogP contribution in [0.15, 0.2) is 30.6 Å². The molecule has 0 bridgehead atoms. The van der Waals surface area contributed by atoms with Gasteiger partial charge in [0.1, 0.15) is 11.6 Å². The average molecular weight is 280 g/mol. The molecule has 2 N–H and O–H groups in total. The lowest BCUT2D eigenvalue weighted by Gasteiger charge is -2.10. The minimum Gasteiger partial charge on any atom is -0.495 e. The van der Waals surface area contributed by atoms with Crippen LogP contribution in [0.5, 0.6) is 5.75 Å². The highest BCUT2D eigenvalue weighted by Crippen LogP contribution is 2.29. The number of anilines is 2. The van der Waals surface area contributed by atoms with Gasteiger partial charge in [-0.15, -0.1) is 0 Å². The summed E-state index contributed by atoms with van der Waals surface area (Å²) in [5.74, 6) is -0.290. The Balaban J connectivity index is 2.33. The largest absolute Gasteiger partial charge is 0.495 e. The molecule has 0 unspecified atom stereocenters. The maximum atomic E-state index is 10.8. The third-order valence-electron chi connectivity index (χ3n) is 2.28. The van der Waals surface area contributed by atoms with Gasteiger partial charge in [-0.05, 0) is 18.2 Å². The predicted octanol–water partition coefficient (Wildman–Crippen LogP) is 2.58. The summed E-state index contributed by atoms with van der Waals surface area (Å²) >= 11 is 5.90. The summed E-state index contributed by atoms with van der Waals surface area (Å²) in [6.45, 7) is 0. The molecule has 0 atom stereocenters. The highest BCUT2D eigenvalue weighted by atomic mass is 35.5. The van der Waals surface area contributed by atoms with Gasteiger partial charge in [-0.2, -0.15) is 0 Å². The van der Waals surface area contributed by atoms with E-state index < -0.39 is 5.97 Å². The van der Waals surface area contributed by atoms with Crippen LogP contribution in [0.25, 0.3) is 0 Å². The molecule has 1 heterocycles. The Morgan fingerprint density at radius 1 is 1.42 bits per heavy atom. The van der Waals surface area contributed by atoms with Crippen molar-refractivity contribution in [2.24, 2.45) is 0 Å². The van der Waals surface area contributed by atoms with Crippen molar-refractivity contribution in [1.82, 2.24) is 9.97 Å². The summed E-state index contributed by atoms with van der Waals surface area (Å²) in [4.78, 5) is 18.5. The topological polar surface area (TPSA) is 84.3 Å². The lowest BCUT2D eigenvalue weighted by atomic mass is 10.3. The Hall–Kier alpha value is -2.34. The van der Waals surface area contributed by atoms with Crippen LogP contribution in [0.3, 0.4) is 0 Å². The molecule has 98 valence electrons. The van der Waals surface area contributed by atoms with E-state index >= 15 is 0 Å². The fourth-order valence-corrected chi connectivity index (χ4v) is 1.62. The Morgan fingerprint density at radius 3 is 2.89 bits per heavy atom. The smallest absolute Gasteiger partial charge is 0.356 e. The first-order valence-electron chi connectivity index (χ1n) is 5.26. The Morgan fingerprint density at radius 2 is 2.21 bits per heavy atom. The Kier molecular flexibility index (Phi) is 3.82. The fraction of sp³-hybridized carbons (Fsp3) is 0.0833. The van der Waals surface area contributed by atoms with E-state index in [9.17, 15) is 4.79 Å². The third-order valence-corrected chi connectivity index (χ3v) is 2.51. The number of benzene rings is 1. The summed E-state index contributed by atoms with van der Waals surface area (Å²) in [5.41, 5.74) is 0.429. The summed E-state index contributed by atoms with van der Waals surface area (Å²) < 4.78 is 5.16. The highest BCUT2D eigenvalue weighted by Gasteiger charge is 2.09. The van der Waals surface area contributed by atoms with Crippen molar-refractivity contribution >= 4 is 29.1 Å². The van der Waals surface area contributed by atoms with Crippen LogP contribution in [0.1, 0.15) is 10.5 Å². The maximum Gasteiger partial charge on any atom is 0.356 e. The maximum absolute atomic E-state index is 10.8. The van der Waals surface area contributed by atoms with Gasteiger partial charge in [0, 0.05) is 5.02 Å². The number of aromatic carboxylic acids is 1. The Bertz CT molecular complexity index is 619. The van der Waals surface area contributed by atoms with Crippen molar-refractivity contribution in [3.63, 3.8) is 0 Å². The van der Waals surface area contributed by atoms with Gasteiger partial charge in [0.05, 0.1) is 25.2 Å². The molecule has 6 nitrogen and oxygen atoms in total. The van der Waals surface area contributed by atoms with E-state index in [2.05, 4.69) is 15.3 Å². The molecule has 0 saturated heterocycles. The number of hydrogen-bond donors (Lipinski definition) is 2. The molecule has 0 aliphatic heterocycles. The van der Waals surface area contributed by atoms with Crippen LogP contribution in [-0.2, 0) is 0 Å². The van der Waals surface area contributed by atoms with Crippen LogP contribution in [-0.4, -0.2) is 28.2 Å². The normalized spacial score (nSPS) is 10.0. The van der Waals surface area contributed by atoms with Crippen LogP contribution in [0.2, 0.25) is 5.02 Å². The van der Waals surface area contributed by atoms with Crippen LogP contribution in [0.4, 0.5) is 11.5 Å². The molecule has 2 rings (SSSR count). The molecule has 0 saturated carbocycles. The lowest BCUT2D eigenvalue weighted by Crippen LogP contribution is -2.04. The van der Waals surface area contributed by atoms with E-state index in [4.69, 9.17) is 21.4 Å². The molecular formula is C12H10ClN3O3. The molecule has 0 amide bonds. The predicted molar refractivity (Wildman–Crippen MR) is 70.3 cm³/mol. The molecule has 2 aromatic rings. The third kappa shape index (κ3) is 3.11. The molecule has 0 radical (unpaired) electrons. The van der Waals surface area contributed by atoms with Gasteiger partial charge in [0.25, 0.3) is 0 Å². The van der Waals surface area contributed by atoms with E-state index in [1.54, 1.807) is 18.2 Å². The first kappa shape index (κ1) is 13.1. The number of nitrogens with zero attached hydrogens (tertiary/aromatic N) is 2. The number of aromatic nitrogens is 2. The zero-order valence-corrected chi connectivity index (χ0v) is 10.7. The molecule has 19 heavy (non-hydrogen) atoms. The molecule has 1 aromatic heterocycles. The van der Waals surface area contributed by atoms with Gasteiger partial charge in [0.15, 0.2) is 5.69 Å². The van der Waals surface area contributed by atoms with Crippen molar-refractivity contribution in [3.8, 4) is 5.75 Å². The zero-order valence-electron chi connectivity index (χ0n) is 9.92. The first-order chi connectivity index (χ1) is 9.10. The van der Waals surface area contributed by atoms with Crippen LogP contribution < -0.4 is 10.1 Å². The van der Waals surface area contributed by atoms with Crippen molar-refractivity contribution in [2.75, 3.05) is 12.4 Å². The summed E-state index contributed by atoms with van der Waals surface area (Å²) in [7, 11) is 1.52. The number of hydrogen-bond acceptors (Lipinski definition) is 5. The van der Waals surface area contributed by atoms with Gasteiger partial charge >= 0.3 is 5.97 Å². The molecule has 0 aliphatic rings. The van der Waals surface area contributed by atoms with Gasteiger partial charge < -0.3 is 15.2 Å². The summed E-state index contributed by atoms with van der Waals surface area (Å²) in [6.07, 6.45) is 2.58. The highest BCUT2D eigenvalue weighted by molar-refractivity contribution is 6.31. The van der Waals surface area contributed by atoms with Crippen molar-refractivity contribution in [3.05, 3.63) is 41.3 Å². The van der Waals surface area contributed by atoms with Gasteiger partial charge in [-0.25, -0.2) is 9.78 Å².